The highest BCUT2D eigenvalue weighted by molar-refractivity contribution is 7.95. The highest BCUT2D eigenvalue weighted by atomic mass is 32.2. The molecular weight excluding hydrogens is 531 g/mol. The second-order valence-corrected chi connectivity index (χ2v) is 15.2. The van der Waals surface area contributed by atoms with E-state index in [-0.39, 0.29) is 5.75 Å². The standard InChI is InChI=1S/C33H38P.C2H6O3S/c1-28(2)16-14-17-29(3)18-15-19-30(4)26-27-34(31-20-8-5-9-21-31,32-22-10-6-11-23-32)33-24-12-7-13-25-33;1-2-6(3,4)5/h5-13,15-16,18-26H,14,17,27H2,1-4H3;2H2,1H3,(H,3,4,5)/q+1;/p-1. The molecule has 0 saturated heterocycles. The third-order valence-corrected chi connectivity index (χ3v) is 11.4. The molecule has 0 atom stereocenters. The molecule has 0 aliphatic rings. The van der Waals surface area contributed by atoms with E-state index in [9.17, 15) is 13.0 Å². The Kier molecular flexibility index (Phi) is 14.0. The van der Waals surface area contributed by atoms with E-state index >= 15 is 0 Å². The summed E-state index contributed by atoms with van der Waals surface area (Å²) in [4.78, 5) is 0. The van der Waals surface area contributed by atoms with Crippen molar-refractivity contribution in [3.05, 3.63) is 138 Å². The zero-order valence-electron chi connectivity index (χ0n) is 24.5. The van der Waals surface area contributed by atoms with Crippen LogP contribution in [0.25, 0.3) is 0 Å². The van der Waals surface area contributed by atoms with Crippen LogP contribution in [0.4, 0.5) is 0 Å². The van der Waals surface area contributed by atoms with Gasteiger partial charge >= 0.3 is 0 Å². The van der Waals surface area contributed by atoms with Crippen LogP contribution in [0.3, 0.4) is 0 Å². The fraction of sp³-hybridized carbons (Fsp3) is 0.257. The van der Waals surface area contributed by atoms with Crippen LogP contribution < -0.4 is 15.9 Å². The Labute approximate surface area is 243 Å². The minimum atomic E-state index is -3.91. The summed E-state index contributed by atoms with van der Waals surface area (Å²) in [5, 5.41) is 4.28. The van der Waals surface area contributed by atoms with Crippen molar-refractivity contribution >= 4 is 33.3 Å². The van der Waals surface area contributed by atoms with Crippen LogP contribution in [0.2, 0.25) is 0 Å². The van der Waals surface area contributed by atoms with Crippen LogP contribution in [-0.2, 0) is 10.1 Å². The molecule has 212 valence electrons. The van der Waals surface area contributed by atoms with E-state index < -0.39 is 17.4 Å². The van der Waals surface area contributed by atoms with Crippen molar-refractivity contribution < 1.29 is 13.0 Å². The quantitative estimate of drug-likeness (QED) is 0.102. The van der Waals surface area contributed by atoms with E-state index in [1.807, 2.05) is 0 Å². The fourth-order valence-corrected chi connectivity index (χ4v) is 8.33. The highest BCUT2D eigenvalue weighted by Crippen LogP contribution is 2.55. The predicted molar refractivity (Wildman–Crippen MR) is 176 cm³/mol. The van der Waals surface area contributed by atoms with E-state index in [4.69, 9.17) is 0 Å². The van der Waals surface area contributed by atoms with Gasteiger partial charge in [-0.3, -0.25) is 0 Å². The van der Waals surface area contributed by atoms with Crippen molar-refractivity contribution in [2.75, 3.05) is 11.9 Å². The van der Waals surface area contributed by atoms with Gasteiger partial charge in [0.25, 0.3) is 0 Å². The first-order valence-corrected chi connectivity index (χ1v) is 17.3. The van der Waals surface area contributed by atoms with Crippen LogP contribution in [0.15, 0.2) is 138 Å². The lowest BCUT2D eigenvalue weighted by Gasteiger charge is -2.26. The van der Waals surface area contributed by atoms with Gasteiger partial charge in [0.1, 0.15) is 23.2 Å². The van der Waals surface area contributed by atoms with Gasteiger partial charge in [-0.15, -0.1) is 0 Å². The average molecular weight is 575 g/mol. The van der Waals surface area contributed by atoms with Crippen molar-refractivity contribution in [3.8, 4) is 0 Å². The van der Waals surface area contributed by atoms with Gasteiger partial charge in [-0.2, -0.15) is 0 Å². The van der Waals surface area contributed by atoms with Gasteiger partial charge < -0.3 is 4.55 Å². The Hall–Kier alpha value is -3.04. The molecule has 3 aromatic rings. The summed E-state index contributed by atoms with van der Waals surface area (Å²) < 4.78 is 28.3. The summed E-state index contributed by atoms with van der Waals surface area (Å²) in [6.07, 6.45) is 14.7. The molecule has 40 heavy (non-hydrogen) atoms. The maximum Gasteiger partial charge on any atom is 0.115 e. The van der Waals surface area contributed by atoms with E-state index in [1.165, 1.54) is 39.6 Å². The zero-order valence-corrected chi connectivity index (χ0v) is 26.2. The Morgan fingerprint density at radius 3 is 1.55 bits per heavy atom. The minimum Gasteiger partial charge on any atom is -0.748 e. The maximum atomic E-state index is 9.44. The fourth-order valence-electron chi connectivity index (χ4n) is 4.20. The molecule has 5 heteroatoms. The van der Waals surface area contributed by atoms with E-state index in [1.54, 1.807) is 0 Å². The van der Waals surface area contributed by atoms with Crippen molar-refractivity contribution in [1.29, 1.82) is 0 Å². The van der Waals surface area contributed by atoms with E-state index in [2.05, 4.69) is 149 Å². The second-order valence-electron chi connectivity index (χ2n) is 9.99. The molecule has 0 aliphatic carbocycles. The van der Waals surface area contributed by atoms with Crippen molar-refractivity contribution in [3.63, 3.8) is 0 Å². The molecule has 0 spiro atoms. The summed E-state index contributed by atoms with van der Waals surface area (Å²) in [5.41, 5.74) is 4.12. The van der Waals surface area contributed by atoms with E-state index in [0.29, 0.717) is 0 Å². The molecule has 3 aromatic carbocycles. The zero-order chi connectivity index (χ0) is 29.4. The van der Waals surface area contributed by atoms with Gasteiger partial charge in [0.15, 0.2) is 0 Å². The predicted octanol–water partition coefficient (Wildman–Crippen LogP) is 7.73. The largest absolute Gasteiger partial charge is 0.748 e. The molecule has 3 nitrogen and oxygen atoms in total. The average Bonchev–Trinajstić information content (AvgIpc) is 2.95. The first kappa shape index (κ1) is 33.2. The number of hydrogen-bond donors (Lipinski definition) is 0. The summed E-state index contributed by atoms with van der Waals surface area (Å²) in [5.74, 6) is -0.312. The van der Waals surface area contributed by atoms with Gasteiger partial charge in [-0.1, -0.05) is 103 Å². The molecule has 3 rings (SSSR count). The van der Waals surface area contributed by atoms with Crippen molar-refractivity contribution in [2.24, 2.45) is 0 Å². The Morgan fingerprint density at radius 2 is 1.18 bits per heavy atom. The summed E-state index contributed by atoms with van der Waals surface area (Å²) >= 11 is 0. The summed E-state index contributed by atoms with van der Waals surface area (Å²) in [6.45, 7) is 10.1. The number of allylic oxidation sites excluding steroid dienone is 8. The molecule has 0 N–H and O–H groups in total. The molecule has 0 heterocycles. The van der Waals surface area contributed by atoms with Crippen LogP contribution >= 0.6 is 7.26 Å². The highest BCUT2D eigenvalue weighted by Gasteiger charge is 2.44. The van der Waals surface area contributed by atoms with Crippen LogP contribution in [0.5, 0.6) is 0 Å². The third kappa shape index (κ3) is 11.2. The first-order valence-electron chi connectivity index (χ1n) is 13.7. The number of hydrogen-bond acceptors (Lipinski definition) is 3. The van der Waals surface area contributed by atoms with Crippen molar-refractivity contribution in [1.82, 2.24) is 0 Å². The van der Waals surface area contributed by atoms with E-state index in [0.717, 1.165) is 19.0 Å². The Bertz CT molecular complexity index is 1290. The topological polar surface area (TPSA) is 57.2 Å². The van der Waals surface area contributed by atoms with Crippen LogP contribution in [0, 0.1) is 0 Å². The molecule has 0 amide bonds. The summed E-state index contributed by atoms with van der Waals surface area (Å²) in [6, 6.07) is 33.3. The van der Waals surface area contributed by atoms with Crippen LogP contribution in [-0.4, -0.2) is 24.9 Å². The Balaban J connectivity index is 0.000000840. The number of benzene rings is 3. The molecule has 0 radical (unpaired) electrons. The molecule has 0 aliphatic heterocycles. The smallest absolute Gasteiger partial charge is 0.115 e. The molecule has 0 saturated carbocycles. The molecule has 0 bridgehead atoms. The molecule has 0 unspecified atom stereocenters. The van der Waals surface area contributed by atoms with Gasteiger partial charge in [0.05, 0.1) is 16.3 Å². The van der Waals surface area contributed by atoms with Gasteiger partial charge in [-0.25, -0.2) is 8.42 Å². The lowest BCUT2D eigenvalue weighted by atomic mass is 10.1. The summed E-state index contributed by atoms with van der Waals surface area (Å²) in [7, 11) is -5.73. The molecule has 0 aromatic heterocycles. The van der Waals surface area contributed by atoms with Gasteiger partial charge in [-0.05, 0) is 83.0 Å². The van der Waals surface area contributed by atoms with Gasteiger partial charge in [0.2, 0.25) is 0 Å². The normalized spacial score (nSPS) is 12.6. The van der Waals surface area contributed by atoms with Crippen molar-refractivity contribution in [2.45, 2.75) is 47.5 Å². The minimum absolute atomic E-state index is 0.312. The number of rotatable bonds is 11. The Morgan fingerprint density at radius 1 is 0.750 bits per heavy atom. The molecule has 0 fully saturated rings. The van der Waals surface area contributed by atoms with Crippen LogP contribution in [0.1, 0.15) is 47.5 Å². The monoisotopic (exact) mass is 574 g/mol. The lowest BCUT2D eigenvalue weighted by Crippen LogP contribution is -2.33. The maximum absolute atomic E-state index is 9.44. The first-order chi connectivity index (χ1) is 19.1. The molecular formula is C35H43O3PS. The lowest BCUT2D eigenvalue weighted by molar-refractivity contribution is 0.464. The third-order valence-electron chi connectivity index (χ3n) is 6.46. The van der Waals surface area contributed by atoms with Gasteiger partial charge in [0, 0.05) is 5.75 Å². The second kappa shape index (κ2) is 16.9. The SMILES string of the molecule is CC(C)=CCCC(C)=CC=CC(C)=CC[P+](c1ccccc1)(c1ccccc1)c1ccccc1.CCS(=O)(=O)[O-].